The number of primary amides is 1. The van der Waals surface area contributed by atoms with Crippen molar-refractivity contribution in [1.29, 1.82) is 0 Å². The summed E-state index contributed by atoms with van der Waals surface area (Å²) in [4.78, 5) is 12.8. The lowest BCUT2D eigenvalue weighted by atomic mass is 10.4. The summed E-state index contributed by atoms with van der Waals surface area (Å²) in [6.07, 6.45) is -1.08. The largest absolute Gasteiger partial charge is 0.471 e. The molecule has 0 radical (unpaired) electrons. The van der Waals surface area contributed by atoms with Crippen molar-refractivity contribution in [2.45, 2.75) is 6.42 Å². The molecule has 1 amide bonds. The number of nitrogens with two attached hydrogens (primary N) is 2. The summed E-state index contributed by atoms with van der Waals surface area (Å²) in [5.41, 5.74) is 11.0. The van der Waals surface area contributed by atoms with Crippen molar-refractivity contribution in [3.63, 3.8) is 0 Å². The predicted octanol–water partition coefficient (Wildman–Crippen LogP) is 2.85. The third-order valence-electron chi connectivity index (χ3n) is 1.12. The van der Waals surface area contributed by atoms with Gasteiger partial charge in [0.25, 0.3) is 10.4 Å². The van der Waals surface area contributed by atoms with Gasteiger partial charge in [0.15, 0.2) is 5.83 Å². The summed E-state index contributed by atoms with van der Waals surface area (Å²) >= 11 is 8.95. The van der Waals surface area contributed by atoms with Gasteiger partial charge in [-0.2, -0.15) is 8.78 Å². The topological polar surface area (TPSA) is 91.2 Å². The summed E-state index contributed by atoms with van der Waals surface area (Å²) in [7, 11) is 0. The van der Waals surface area contributed by atoms with Gasteiger partial charge in [0.05, 0.1) is 12.1 Å². The lowest BCUT2D eigenvalue weighted by molar-refractivity contribution is 0.267. The molecular formula is C9H12F3N3O2S3. The van der Waals surface area contributed by atoms with Gasteiger partial charge >= 0.3 is 6.08 Å². The molecule has 11 heteroatoms. The van der Waals surface area contributed by atoms with Gasteiger partial charge in [0.1, 0.15) is 0 Å². The number of hydrogen-bond donors (Lipinski definition) is 3. The van der Waals surface area contributed by atoms with Crippen molar-refractivity contribution in [2.24, 2.45) is 11.5 Å². The van der Waals surface area contributed by atoms with Crippen molar-refractivity contribution in [1.82, 2.24) is 4.98 Å². The molecule has 0 saturated heterocycles. The Morgan fingerprint density at radius 3 is 2.20 bits per heavy atom. The van der Waals surface area contributed by atoms with E-state index in [9.17, 15) is 13.2 Å². The molecule has 0 aliphatic rings. The van der Waals surface area contributed by atoms with E-state index in [0.29, 0.717) is 0 Å². The quantitative estimate of drug-likeness (QED) is 0.578. The molecule has 0 aliphatic heterocycles. The number of rotatable bonds is 3. The van der Waals surface area contributed by atoms with E-state index in [1.807, 2.05) is 5.38 Å². The van der Waals surface area contributed by atoms with Crippen molar-refractivity contribution >= 4 is 46.6 Å². The highest BCUT2D eigenvalue weighted by Crippen LogP contribution is 2.12. The maximum Gasteiger partial charge on any atom is 0.301 e. The molecular weight excluding hydrogens is 335 g/mol. The second-order valence-electron chi connectivity index (χ2n) is 2.60. The lowest BCUT2D eigenvalue weighted by Gasteiger charge is -1.99. The van der Waals surface area contributed by atoms with E-state index in [2.05, 4.69) is 40.3 Å². The van der Waals surface area contributed by atoms with Crippen LogP contribution >= 0.6 is 36.2 Å². The highest BCUT2D eigenvalue weighted by molar-refractivity contribution is 7.96. The highest BCUT2D eigenvalue weighted by atomic mass is 32.1. The average molecular weight is 347 g/mol. The molecule has 114 valence electrons. The monoisotopic (exact) mass is 347 g/mol. The molecule has 1 heterocycles. The first-order valence-corrected chi connectivity index (χ1v) is 6.49. The van der Waals surface area contributed by atoms with Gasteiger partial charge < -0.3 is 16.2 Å². The van der Waals surface area contributed by atoms with E-state index in [0.717, 1.165) is 0 Å². The number of amides is 1. The fraction of sp³-hybridized carbons (Fsp3) is 0.222. The smallest absolute Gasteiger partial charge is 0.301 e. The van der Waals surface area contributed by atoms with Gasteiger partial charge in [-0.25, -0.2) is 4.39 Å². The Labute approximate surface area is 128 Å². The number of thiol groups is 1. The molecule has 5 nitrogen and oxygen atoms in total. The molecule has 0 fully saturated rings. The molecule has 20 heavy (non-hydrogen) atoms. The first-order chi connectivity index (χ1) is 9.27. The van der Waals surface area contributed by atoms with Crippen LogP contribution in [0.15, 0.2) is 29.0 Å². The second-order valence-corrected chi connectivity index (χ2v) is 4.20. The van der Waals surface area contributed by atoms with Crippen molar-refractivity contribution in [2.75, 3.05) is 6.61 Å². The van der Waals surface area contributed by atoms with Gasteiger partial charge in [0, 0.05) is 18.0 Å². The molecule has 0 aromatic carbocycles. The summed E-state index contributed by atoms with van der Waals surface area (Å²) in [5, 5.41) is 1.01. The van der Waals surface area contributed by atoms with Crippen molar-refractivity contribution in [3.05, 3.63) is 29.0 Å². The number of ether oxygens (including phenoxy) is 1. The molecule has 0 aliphatic carbocycles. The minimum Gasteiger partial charge on any atom is -0.471 e. The third kappa shape index (κ3) is 21.9. The van der Waals surface area contributed by atoms with E-state index in [4.69, 9.17) is 10.5 Å². The van der Waals surface area contributed by atoms with Crippen LogP contribution in [0.1, 0.15) is 6.42 Å². The van der Waals surface area contributed by atoms with E-state index in [-0.39, 0.29) is 11.8 Å². The lowest BCUT2D eigenvalue weighted by Crippen LogP contribution is -2.13. The molecule has 0 spiro atoms. The first kappa shape index (κ1) is 21.0. The van der Waals surface area contributed by atoms with Gasteiger partial charge in [-0.1, -0.05) is 12.6 Å². The minimum atomic E-state index is -2.34. The summed E-state index contributed by atoms with van der Waals surface area (Å²) in [5.74, 6) is -1.50. The number of halogens is 3. The Balaban J connectivity index is 0. The highest BCUT2D eigenvalue weighted by Gasteiger charge is 2.04. The van der Waals surface area contributed by atoms with Crippen LogP contribution in [0.2, 0.25) is 0 Å². The maximum absolute atomic E-state index is 11.9. The molecule has 4 N–H and O–H groups in total. The number of nitrogens with zero attached hydrogens (tertiary/aromatic N) is 1. The zero-order valence-electron chi connectivity index (χ0n) is 9.96. The Morgan fingerprint density at radius 2 is 1.95 bits per heavy atom. The SMILES string of the molecule is NC(=O)S.NC(=S)OCCC(F)=C(F)F.c1cscn1. The summed E-state index contributed by atoms with van der Waals surface area (Å²) in [6.45, 7) is -0.265. The summed E-state index contributed by atoms with van der Waals surface area (Å²) < 4.78 is 39.0. The van der Waals surface area contributed by atoms with Crippen molar-refractivity contribution < 1.29 is 22.7 Å². The molecule has 0 saturated carbocycles. The van der Waals surface area contributed by atoms with Crippen LogP contribution in [0, 0.1) is 0 Å². The Kier molecular flexibility index (Phi) is 14.8. The second kappa shape index (κ2) is 14.1. The zero-order chi connectivity index (χ0) is 16.0. The Morgan fingerprint density at radius 1 is 1.40 bits per heavy atom. The number of hydrogen-bond acceptors (Lipinski definition) is 5. The number of thiocarbonyl (C=S) groups is 1. The van der Waals surface area contributed by atoms with Crippen molar-refractivity contribution in [3.8, 4) is 0 Å². The Bertz CT molecular complexity index is 391. The Hall–Kier alpha value is -1.33. The minimum absolute atomic E-state index is 0.265. The van der Waals surface area contributed by atoms with Crippen LogP contribution in [-0.4, -0.2) is 22.0 Å². The van der Waals surface area contributed by atoms with Crippen LogP contribution in [0.5, 0.6) is 0 Å². The van der Waals surface area contributed by atoms with Gasteiger partial charge in [-0.15, -0.1) is 11.3 Å². The molecule has 1 aromatic heterocycles. The number of carbonyl (C=O) groups is 1. The van der Waals surface area contributed by atoms with Crippen LogP contribution < -0.4 is 11.5 Å². The zero-order valence-corrected chi connectivity index (χ0v) is 12.5. The fourth-order valence-corrected chi connectivity index (χ4v) is 0.946. The third-order valence-corrected chi connectivity index (χ3v) is 1.76. The summed E-state index contributed by atoms with van der Waals surface area (Å²) in [6, 6.07) is 0. The van der Waals surface area contributed by atoms with E-state index in [1.54, 1.807) is 23.0 Å². The van der Waals surface area contributed by atoms with Gasteiger partial charge in [0.2, 0.25) is 0 Å². The van der Waals surface area contributed by atoms with Gasteiger partial charge in [-0.05, 0) is 12.2 Å². The molecule has 0 bridgehead atoms. The van der Waals surface area contributed by atoms with Crippen LogP contribution in [0.3, 0.4) is 0 Å². The van der Waals surface area contributed by atoms with Crippen LogP contribution in [-0.2, 0) is 4.74 Å². The molecule has 0 unspecified atom stereocenters. The predicted molar refractivity (Wildman–Crippen MR) is 78.4 cm³/mol. The molecule has 1 rings (SSSR count). The number of thiazole rings is 1. The van der Waals surface area contributed by atoms with Crippen LogP contribution in [0.4, 0.5) is 18.0 Å². The number of carbonyl (C=O) groups excluding carboxylic acids is 1. The normalized spacial score (nSPS) is 8.20. The maximum atomic E-state index is 11.9. The van der Waals surface area contributed by atoms with E-state index >= 15 is 0 Å². The molecule has 1 aromatic rings. The fourth-order valence-electron chi connectivity index (χ4n) is 0.511. The van der Waals surface area contributed by atoms with Crippen LogP contribution in [0.25, 0.3) is 0 Å². The molecule has 0 atom stereocenters. The number of aromatic nitrogens is 1. The van der Waals surface area contributed by atoms with E-state index in [1.165, 1.54) is 0 Å². The van der Waals surface area contributed by atoms with Gasteiger partial charge in [-0.3, -0.25) is 9.78 Å². The van der Waals surface area contributed by atoms with E-state index < -0.39 is 23.6 Å². The average Bonchev–Trinajstić information content (AvgIpc) is 2.85. The first-order valence-electron chi connectivity index (χ1n) is 4.69. The standard InChI is InChI=1S/C5H6F3NOS.C3H3NS.CH3NOS/c6-3(4(7)8)1-2-10-5(9)11;1-2-5-3-4-1;2-1(3)4/h1-2H2,(H2,9,11);1-3H;(H3,2,3,4).